The van der Waals surface area contributed by atoms with Crippen LogP contribution in [-0.2, 0) is 4.74 Å². The number of carbonyl (C=O) groups excluding carboxylic acids is 1. The Morgan fingerprint density at radius 2 is 2.10 bits per heavy atom. The molecule has 0 spiro atoms. The Balaban J connectivity index is 2.79. The van der Waals surface area contributed by atoms with E-state index in [1.807, 2.05) is 0 Å². The minimum absolute atomic E-state index is 0.197. The summed E-state index contributed by atoms with van der Waals surface area (Å²) in [5.74, 6) is -3.21. The summed E-state index contributed by atoms with van der Waals surface area (Å²) in [5, 5.41) is 0. The average Bonchev–Trinajstić information content (AvgIpc) is 2.50. The van der Waals surface area contributed by atoms with E-state index in [-0.39, 0.29) is 9.50 Å². The van der Waals surface area contributed by atoms with Crippen LogP contribution in [0.1, 0.15) is 57.4 Å². The fraction of sp³-hybridized carbons (Fsp3) is 0.643. The molecule has 1 aliphatic heterocycles. The molecule has 1 amide bonds. The summed E-state index contributed by atoms with van der Waals surface area (Å²) in [4.78, 5) is 19.9. The fourth-order valence-corrected chi connectivity index (χ4v) is 1.46. The van der Waals surface area contributed by atoms with Gasteiger partial charge in [-0.05, 0) is 49.4 Å². The molecule has 0 bridgehead atoms. The number of rotatable bonds is 1. The van der Waals surface area contributed by atoms with E-state index in [1.165, 1.54) is 20.8 Å². The maximum atomic E-state index is 12.6. The zero-order valence-corrected chi connectivity index (χ0v) is 12.8. The third kappa shape index (κ3) is 4.16. The van der Waals surface area contributed by atoms with Crippen molar-refractivity contribution in [2.24, 2.45) is 0 Å². The predicted octanol–water partition coefficient (Wildman–Crippen LogP) is 3.35. The van der Waals surface area contributed by atoms with Crippen molar-refractivity contribution in [2.45, 2.75) is 45.0 Å². The molecule has 1 aliphatic rings. The largest absolute Gasteiger partial charge is 0.444 e. The van der Waals surface area contributed by atoms with Crippen molar-refractivity contribution in [3.8, 4) is 0 Å². The number of amides is 1. The number of ether oxygens (including phenoxy) is 1. The van der Waals surface area contributed by atoms with Gasteiger partial charge in [0.05, 0.1) is 18.1 Å². The van der Waals surface area contributed by atoms with Crippen LogP contribution < -0.4 is 0 Å². The van der Waals surface area contributed by atoms with Gasteiger partial charge in [0.2, 0.25) is 0 Å². The predicted molar refractivity (Wildman–Crippen MR) is 79.5 cm³/mol. The van der Waals surface area contributed by atoms with E-state index in [2.05, 4.69) is 25.9 Å². The SMILES string of the molecule is [2H]C1([2H])N(C(=O)OC(C)(C)C)C([2H])([2H])C([2H])([2H])C([2H])(c2cnc(Br)cn2)C1([2H])[2H]. The fourth-order valence-electron chi connectivity index (χ4n) is 1.25. The monoisotopic (exact) mass is 350 g/mol. The second-order valence-electron chi connectivity index (χ2n) is 4.89. The molecule has 0 N–H and O–H groups in total. The smallest absolute Gasteiger partial charge is 0.410 e. The lowest BCUT2D eigenvalue weighted by atomic mass is 9.94. The van der Waals surface area contributed by atoms with Gasteiger partial charge < -0.3 is 9.64 Å². The summed E-state index contributed by atoms with van der Waals surface area (Å²) in [5.41, 5.74) is -1.82. The van der Waals surface area contributed by atoms with E-state index in [0.717, 1.165) is 12.4 Å². The molecule has 0 unspecified atom stereocenters. The third-order valence-corrected chi connectivity index (χ3v) is 2.45. The Labute approximate surface area is 140 Å². The van der Waals surface area contributed by atoms with E-state index in [1.54, 1.807) is 0 Å². The first-order valence-corrected chi connectivity index (χ1v) is 6.56. The quantitative estimate of drug-likeness (QED) is 0.779. The van der Waals surface area contributed by atoms with Gasteiger partial charge in [-0.25, -0.2) is 9.78 Å². The van der Waals surface area contributed by atoms with Gasteiger partial charge in [0.15, 0.2) is 0 Å². The van der Waals surface area contributed by atoms with E-state index in [9.17, 15) is 4.79 Å². The lowest BCUT2D eigenvalue weighted by molar-refractivity contribution is 0.0204. The van der Waals surface area contributed by atoms with Gasteiger partial charge in [-0.15, -0.1) is 0 Å². The molecule has 0 aliphatic carbocycles. The highest BCUT2D eigenvalue weighted by atomic mass is 79.9. The number of likely N-dealkylation sites (tertiary alicyclic amines) is 1. The molecular formula is C14H20BrN3O2. The van der Waals surface area contributed by atoms with Crippen molar-refractivity contribution in [1.82, 2.24) is 14.9 Å². The number of carbonyl (C=O) groups is 1. The highest BCUT2D eigenvalue weighted by Crippen LogP contribution is 2.27. The summed E-state index contributed by atoms with van der Waals surface area (Å²) in [6.45, 7) is -2.65. The molecule has 0 radical (unpaired) electrons. The molecule has 0 saturated carbocycles. The highest BCUT2D eigenvalue weighted by Gasteiger charge is 2.27. The van der Waals surface area contributed by atoms with Crippen molar-refractivity contribution in [2.75, 3.05) is 13.0 Å². The van der Waals surface area contributed by atoms with Gasteiger partial charge in [-0.2, -0.15) is 0 Å². The van der Waals surface area contributed by atoms with Gasteiger partial charge in [0.25, 0.3) is 0 Å². The number of hydrogen-bond donors (Lipinski definition) is 0. The molecule has 1 fully saturated rings. The first-order chi connectivity index (χ1) is 12.7. The van der Waals surface area contributed by atoms with Gasteiger partial charge in [-0.3, -0.25) is 4.98 Å². The van der Waals surface area contributed by atoms with Gasteiger partial charge in [0, 0.05) is 31.2 Å². The molecular weight excluding hydrogens is 322 g/mol. The first kappa shape index (κ1) is 7.20. The minimum Gasteiger partial charge on any atom is -0.444 e. The summed E-state index contributed by atoms with van der Waals surface area (Å²) in [7, 11) is 0. The Hall–Kier alpha value is -1.17. The summed E-state index contributed by atoms with van der Waals surface area (Å²) in [6, 6.07) is 0. The zero-order chi connectivity index (χ0) is 22.8. The molecule has 110 valence electrons. The number of hydrogen-bond acceptors (Lipinski definition) is 4. The van der Waals surface area contributed by atoms with Crippen LogP contribution in [0.15, 0.2) is 17.0 Å². The molecule has 5 nitrogen and oxygen atoms in total. The normalized spacial score (nSPS) is 35.4. The summed E-state index contributed by atoms with van der Waals surface area (Å²) >= 11 is 3.01. The minimum atomic E-state index is -3.49. The Morgan fingerprint density at radius 1 is 1.45 bits per heavy atom. The molecule has 0 atom stereocenters. The Kier molecular flexibility index (Phi) is 2.19. The maximum absolute atomic E-state index is 12.6. The van der Waals surface area contributed by atoms with Crippen LogP contribution in [0, 0.1) is 0 Å². The molecule has 2 heterocycles. The van der Waals surface area contributed by atoms with Gasteiger partial charge >= 0.3 is 6.09 Å². The number of aromatic nitrogens is 2. The van der Waals surface area contributed by atoms with E-state index < -0.39 is 49.0 Å². The van der Waals surface area contributed by atoms with Crippen LogP contribution in [0.4, 0.5) is 4.79 Å². The molecule has 0 aromatic carbocycles. The van der Waals surface area contributed by atoms with Crippen LogP contribution in [-0.4, -0.2) is 39.6 Å². The van der Waals surface area contributed by atoms with Crippen molar-refractivity contribution in [3.63, 3.8) is 0 Å². The second kappa shape index (κ2) is 6.08. The van der Waals surface area contributed by atoms with Crippen LogP contribution in [0.5, 0.6) is 0 Å². The van der Waals surface area contributed by atoms with Crippen LogP contribution in [0.2, 0.25) is 0 Å². The zero-order valence-electron chi connectivity index (χ0n) is 20.2. The average molecular weight is 351 g/mol. The third-order valence-electron chi connectivity index (χ3n) is 2.04. The number of piperidine rings is 1. The highest BCUT2D eigenvalue weighted by molar-refractivity contribution is 9.10. The lowest BCUT2D eigenvalue weighted by Gasteiger charge is -2.33. The van der Waals surface area contributed by atoms with E-state index in [4.69, 9.17) is 17.1 Å². The lowest BCUT2D eigenvalue weighted by Crippen LogP contribution is -2.41. The standard InChI is InChI=1S/C14H20BrN3O2/c1-14(2,3)20-13(19)18-6-4-10(5-7-18)11-8-17-12(15)9-16-11/h8-10H,4-7H2,1-3H3/i4D2,5D2,6D2,7D2,10D. The number of halogens is 1. The van der Waals surface area contributed by atoms with Crippen molar-refractivity contribution >= 4 is 22.0 Å². The van der Waals surface area contributed by atoms with E-state index >= 15 is 0 Å². The molecule has 1 aromatic heterocycles. The summed E-state index contributed by atoms with van der Waals surface area (Å²) < 4.78 is 80.1. The maximum Gasteiger partial charge on any atom is 0.410 e. The van der Waals surface area contributed by atoms with Crippen LogP contribution in [0.3, 0.4) is 0 Å². The molecule has 20 heavy (non-hydrogen) atoms. The topological polar surface area (TPSA) is 55.3 Å². The van der Waals surface area contributed by atoms with Crippen molar-refractivity contribution in [3.05, 3.63) is 22.7 Å². The van der Waals surface area contributed by atoms with E-state index in [0.29, 0.717) is 0 Å². The molecule has 2 rings (SSSR count). The van der Waals surface area contributed by atoms with Crippen LogP contribution in [0.25, 0.3) is 0 Å². The Morgan fingerprint density at radius 3 is 2.60 bits per heavy atom. The first-order valence-electron chi connectivity index (χ1n) is 10.3. The van der Waals surface area contributed by atoms with Crippen molar-refractivity contribution in [1.29, 1.82) is 0 Å². The van der Waals surface area contributed by atoms with Crippen molar-refractivity contribution < 1.29 is 21.9 Å². The molecule has 6 heteroatoms. The number of nitrogens with zero attached hydrogens (tertiary/aromatic N) is 3. The second-order valence-corrected chi connectivity index (χ2v) is 5.70. The summed E-state index contributed by atoms with van der Waals surface area (Å²) in [6.07, 6.45) is -6.60. The molecule has 1 saturated heterocycles. The van der Waals surface area contributed by atoms with Crippen LogP contribution >= 0.6 is 15.9 Å². The molecule has 1 aromatic rings. The van der Waals surface area contributed by atoms with Gasteiger partial charge in [0.1, 0.15) is 10.2 Å². The Bertz CT molecular complexity index is 784. The van der Waals surface area contributed by atoms with Gasteiger partial charge in [-0.1, -0.05) is 0 Å².